The normalized spacial score (nSPS) is 11.4. The zero-order chi connectivity index (χ0) is 35.1. The van der Waals surface area contributed by atoms with Gasteiger partial charge in [-0.3, -0.25) is 0 Å². The average molecular weight is 697 g/mol. The molecule has 0 radical (unpaired) electrons. The van der Waals surface area contributed by atoms with Gasteiger partial charge in [-0.25, -0.2) is 29.9 Å². The van der Waals surface area contributed by atoms with Crippen molar-refractivity contribution in [2.45, 2.75) is 0 Å². The minimum absolute atomic E-state index is 0.598. The molecule has 53 heavy (non-hydrogen) atoms. The molecule has 0 amide bonds. The molecule has 10 aromatic rings. The van der Waals surface area contributed by atoms with Crippen molar-refractivity contribution in [2.24, 2.45) is 0 Å². The maximum Gasteiger partial charge on any atom is 0.164 e. The van der Waals surface area contributed by atoms with E-state index in [1.807, 2.05) is 48.7 Å². The van der Waals surface area contributed by atoms with Crippen LogP contribution >= 0.6 is 11.3 Å². The lowest BCUT2D eigenvalue weighted by Gasteiger charge is -2.11. The van der Waals surface area contributed by atoms with Gasteiger partial charge in [-0.05, 0) is 46.2 Å². The summed E-state index contributed by atoms with van der Waals surface area (Å²) in [6.07, 6.45) is 1.83. The fourth-order valence-electron chi connectivity index (χ4n) is 6.73. The Bertz CT molecular complexity index is 2940. The third kappa shape index (κ3) is 5.79. The second-order valence-electron chi connectivity index (χ2n) is 12.8. The van der Waals surface area contributed by atoms with E-state index in [4.69, 9.17) is 24.9 Å². The van der Waals surface area contributed by atoms with E-state index in [2.05, 4.69) is 126 Å². The lowest BCUT2D eigenvalue weighted by molar-refractivity contribution is 1.07. The van der Waals surface area contributed by atoms with Gasteiger partial charge < -0.3 is 0 Å². The van der Waals surface area contributed by atoms with Crippen LogP contribution in [0.1, 0.15) is 0 Å². The maximum absolute atomic E-state index is 5.22. The minimum atomic E-state index is 0.598. The van der Waals surface area contributed by atoms with Crippen molar-refractivity contribution >= 4 is 42.5 Å². The number of nitrogens with zero attached hydrogens (tertiary/aromatic N) is 6. The first-order chi connectivity index (χ1) is 26.2. The fraction of sp³-hybridized carbons (Fsp3) is 0. The van der Waals surface area contributed by atoms with Gasteiger partial charge in [0.1, 0.15) is 4.83 Å². The number of hydrogen-bond acceptors (Lipinski definition) is 7. The Hall–Kier alpha value is -6.96. The second-order valence-corrected chi connectivity index (χ2v) is 13.8. The van der Waals surface area contributed by atoms with Gasteiger partial charge >= 0.3 is 0 Å². The Morgan fingerprint density at radius 1 is 0.358 bits per heavy atom. The Kier molecular flexibility index (Phi) is 7.55. The van der Waals surface area contributed by atoms with Crippen LogP contribution < -0.4 is 0 Å². The Balaban J connectivity index is 1.10. The number of aromatic nitrogens is 6. The molecule has 0 saturated heterocycles. The van der Waals surface area contributed by atoms with Crippen molar-refractivity contribution in [2.75, 3.05) is 0 Å². The monoisotopic (exact) mass is 696 g/mol. The van der Waals surface area contributed by atoms with Crippen molar-refractivity contribution in [3.63, 3.8) is 0 Å². The smallest absolute Gasteiger partial charge is 0.164 e. The van der Waals surface area contributed by atoms with Crippen LogP contribution in [0.25, 0.3) is 99.1 Å². The molecule has 0 fully saturated rings. The Morgan fingerprint density at radius 3 is 1.70 bits per heavy atom. The third-order valence-corrected chi connectivity index (χ3v) is 10.5. The molecule has 0 atom stereocenters. The van der Waals surface area contributed by atoms with Gasteiger partial charge in [-0.1, -0.05) is 140 Å². The SMILES string of the molecule is c1ccc(-c2cccc(-c3nc(-c4ccccc4)nc(-c4ccc(-c5nc(-c6ccc7ccccc7c6)nc6c5sc5ncccc56)cc4)n3)c2)cc1. The van der Waals surface area contributed by atoms with Crippen molar-refractivity contribution in [1.29, 1.82) is 0 Å². The summed E-state index contributed by atoms with van der Waals surface area (Å²) in [6.45, 7) is 0. The van der Waals surface area contributed by atoms with Crippen LogP contribution in [-0.2, 0) is 0 Å². The fourth-order valence-corrected chi connectivity index (χ4v) is 7.82. The maximum atomic E-state index is 5.22. The summed E-state index contributed by atoms with van der Waals surface area (Å²) in [5, 5.41) is 3.35. The lowest BCUT2D eigenvalue weighted by Crippen LogP contribution is -2.00. The zero-order valence-corrected chi connectivity index (χ0v) is 29.1. The highest BCUT2D eigenvalue weighted by atomic mass is 32.1. The predicted octanol–water partition coefficient (Wildman–Crippen LogP) is 11.6. The molecule has 0 aliphatic carbocycles. The van der Waals surface area contributed by atoms with Crippen LogP contribution in [0.4, 0.5) is 0 Å². The number of fused-ring (bicyclic) bond motifs is 4. The van der Waals surface area contributed by atoms with Crippen LogP contribution in [0.2, 0.25) is 0 Å². The van der Waals surface area contributed by atoms with Gasteiger partial charge in [0.15, 0.2) is 23.3 Å². The molecule has 10 rings (SSSR count). The van der Waals surface area contributed by atoms with Crippen molar-refractivity contribution < 1.29 is 0 Å². The van der Waals surface area contributed by atoms with Crippen molar-refractivity contribution in [3.05, 3.63) is 170 Å². The zero-order valence-electron chi connectivity index (χ0n) is 28.3. The van der Waals surface area contributed by atoms with Gasteiger partial charge in [0.25, 0.3) is 0 Å². The van der Waals surface area contributed by atoms with E-state index in [1.165, 1.54) is 5.39 Å². The summed E-state index contributed by atoms with van der Waals surface area (Å²) in [4.78, 5) is 30.9. The summed E-state index contributed by atoms with van der Waals surface area (Å²) in [5.74, 6) is 2.51. The number of benzene rings is 6. The number of pyridine rings is 1. The minimum Gasteiger partial charge on any atom is -0.245 e. The second kappa shape index (κ2) is 13.0. The molecular weight excluding hydrogens is 669 g/mol. The number of rotatable bonds is 6. The van der Waals surface area contributed by atoms with Gasteiger partial charge in [0, 0.05) is 39.4 Å². The van der Waals surface area contributed by atoms with Crippen LogP contribution in [0.15, 0.2) is 170 Å². The molecule has 0 N–H and O–H groups in total. The quantitative estimate of drug-likeness (QED) is 0.172. The highest BCUT2D eigenvalue weighted by molar-refractivity contribution is 7.25. The van der Waals surface area contributed by atoms with Crippen LogP contribution in [0.5, 0.6) is 0 Å². The molecule has 248 valence electrons. The first-order valence-corrected chi connectivity index (χ1v) is 18.2. The molecule has 7 heteroatoms. The lowest BCUT2D eigenvalue weighted by atomic mass is 10.0. The molecule has 0 saturated carbocycles. The molecule has 0 unspecified atom stereocenters. The molecule has 4 heterocycles. The largest absolute Gasteiger partial charge is 0.245 e. The molecule has 6 nitrogen and oxygen atoms in total. The van der Waals surface area contributed by atoms with Gasteiger partial charge in [0.2, 0.25) is 0 Å². The number of thiophene rings is 1. The summed E-state index contributed by atoms with van der Waals surface area (Å²) in [6, 6.07) is 55.9. The molecule has 0 spiro atoms. The predicted molar refractivity (Wildman–Crippen MR) is 216 cm³/mol. The van der Waals surface area contributed by atoms with E-state index >= 15 is 0 Å². The average Bonchev–Trinajstić information content (AvgIpc) is 3.62. The first-order valence-electron chi connectivity index (χ1n) is 17.4. The molecule has 0 aliphatic heterocycles. The van der Waals surface area contributed by atoms with Crippen LogP contribution in [0, 0.1) is 0 Å². The van der Waals surface area contributed by atoms with Crippen LogP contribution in [0.3, 0.4) is 0 Å². The van der Waals surface area contributed by atoms with Gasteiger partial charge in [0.05, 0.1) is 15.9 Å². The van der Waals surface area contributed by atoms with E-state index in [0.29, 0.717) is 23.3 Å². The van der Waals surface area contributed by atoms with Crippen molar-refractivity contribution in [1.82, 2.24) is 29.9 Å². The molecular formula is C46H28N6S. The van der Waals surface area contributed by atoms with Gasteiger partial charge in [-0.15, -0.1) is 11.3 Å². The van der Waals surface area contributed by atoms with E-state index < -0.39 is 0 Å². The Morgan fingerprint density at radius 2 is 0.925 bits per heavy atom. The highest BCUT2D eigenvalue weighted by Gasteiger charge is 2.18. The molecule has 6 aromatic carbocycles. The summed E-state index contributed by atoms with van der Waals surface area (Å²) >= 11 is 1.62. The number of hydrogen-bond donors (Lipinski definition) is 0. The van der Waals surface area contributed by atoms with Gasteiger partial charge in [-0.2, -0.15) is 0 Å². The topological polar surface area (TPSA) is 77.3 Å². The van der Waals surface area contributed by atoms with E-state index in [0.717, 1.165) is 70.5 Å². The van der Waals surface area contributed by atoms with Crippen molar-refractivity contribution in [3.8, 4) is 67.9 Å². The molecule has 4 aromatic heterocycles. The van der Waals surface area contributed by atoms with E-state index in [-0.39, 0.29) is 0 Å². The van der Waals surface area contributed by atoms with E-state index in [9.17, 15) is 0 Å². The third-order valence-electron chi connectivity index (χ3n) is 9.41. The molecule has 0 aliphatic rings. The summed E-state index contributed by atoms with van der Waals surface area (Å²) in [5.41, 5.74) is 8.69. The Labute approximate surface area is 309 Å². The highest BCUT2D eigenvalue weighted by Crippen LogP contribution is 2.39. The standard InChI is InChI=1S/C46H28N6S/c1-3-11-29(12-4-1)35-17-9-18-36(27-35)45-51-42(32-14-5-2-6-15-32)50-43(52-45)33-23-21-31(22-24-33)39-41-40(38-19-10-26-47-46(38)53-41)49-44(48-39)37-25-20-30-13-7-8-16-34(30)28-37/h1-28H. The summed E-state index contributed by atoms with van der Waals surface area (Å²) in [7, 11) is 0. The van der Waals surface area contributed by atoms with E-state index in [1.54, 1.807) is 11.3 Å². The van der Waals surface area contributed by atoms with Crippen LogP contribution in [-0.4, -0.2) is 29.9 Å². The molecule has 0 bridgehead atoms. The summed E-state index contributed by atoms with van der Waals surface area (Å²) < 4.78 is 1.00. The first kappa shape index (κ1) is 30.8.